The summed E-state index contributed by atoms with van der Waals surface area (Å²) in [4.78, 5) is 11.6. The molecule has 1 amide bonds. The number of carbonyl (C=O) groups excluding carboxylic acids is 1. The quantitative estimate of drug-likeness (QED) is 0.711. The van der Waals surface area contributed by atoms with E-state index in [1.165, 1.54) is 0 Å². The molecule has 1 atom stereocenters. The van der Waals surface area contributed by atoms with E-state index in [-0.39, 0.29) is 23.3 Å². The third-order valence-corrected chi connectivity index (χ3v) is 2.86. The van der Waals surface area contributed by atoms with Crippen LogP contribution in [0, 0.1) is 11.3 Å². The minimum atomic E-state index is 0.0554. The fourth-order valence-corrected chi connectivity index (χ4v) is 1.55. The Morgan fingerprint density at radius 2 is 2.13 bits per heavy atom. The van der Waals surface area contributed by atoms with Gasteiger partial charge in [0.05, 0.1) is 12.0 Å². The van der Waals surface area contributed by atoms with E-state index >= 15 is 0 Å². The van der Waals surface area contributed by atoms with Crippen molar-refractivity contribution in [2.75, 3.05) is 26.7 Å². The largest absolute Gasteiger partial charge is 0.379 e. The molecule has 1 rings (SSSR count). The Morgan fingerprint density at radius 3 is 2.47 bits per heavy atom. The first-order valence-corrected chi connectivity index (χ1v) is 5.46. The third-order valence-electron chi connectivity index (χ3n) is 2.86. The van der Waals surface area contributed by atoms with E-state index in [2.05, 4.69) is 31.4 Å². The second kappa shape index (κ2) is 4.94. The molecule has 0 radical (unpaired) electrons. The first-order chi connectivity index (χ1) is 6.95. The molecule has 0 aromatic rings. The predicted octanol–water partition coefficient (Wildman–Crippen LogP) is 0.383. The van der Waals surface area contributed by atoms with Crippen molar-refractivity contribution in [3.63, 3.8) is 0 Å². The minimum Gasteiger partial charge on any atom is -0.379 e. The summed E-state index contributed by atoms with van der Waals surface area (Å²) in [7, 11) is 1.69. The third kappa shape index (κ3) is 3.47. The van der Waals surface area contributed by atoms with E-state index in [0.29, 0.717) is 6.54 Å². The lowest BCUT2D eigenvalue weighted by atomic mass is 9.89. The Labute approximate surface area is 91.8 Å². The summed E-state index contributed by atoms with van der Waals surface area (Å²) in [6, 6.07) is 0. The number of carbonyl (C=O) groups is 1. The highest BCUT2D eigenvalue weighted by atomic mass is 16.5. The Kier molecular flexibility index (Phi) is 4.11. The van der Waals surface area contributed by atoms with Crippen molar-refractivity contribution < 1.29 is 9.53 Å². The first-order valence-electron chi connectivity index (χ1n) is 5.46. The van der Waals surface area contributed by atoms with Gasteiger partial charge in [-0.25, -0.2) is 0 Å². The molecule has 15 heavy (non-hydrogen) atoms. The number of ether oxygens (including phenoxy) is 1. The van der Waals surface area contributed by atoms with Crippen LogP contribution >= 0.6 is 0 Å². The van der Waals surface area contributed by atoms with E-state index in [4.69, 9.17) is 4.74 Å². The fourth-order valence-electron chi connectivity index (χ4n) is 1.55. The van der Waals surface area contributed by atoms with Gasteiger partial charge in [0.2, 0.25) is 5.91 Å². The van der Waals surface area contributed by atoms with Gasteiger partial charge in [-0.3, -0.25) is 4.79 Å². The van der Waals surface area contributed by atoms with Gasteiger partial charge >= 0.3 is 0 Å². The highest BCUT2D eigenvalue weighted by molar-refractivity contribution is 5.80. The number of hydrogen-bond donors (Lipinski definition) is 2. The summed E-state index contributed by atoms with van der Waals surface area (Å²) >= 11 is 0. The maximum atomic E-state index is 11.6. The zero-order valence-corrected chi connectivity index (χ0v) is 10.1. The van der Waals surface area contributed by atoms with Crippen LogP contribution in [0.1, 0.15) is 20.8 Å². The average Bonchev–Trinajstić information content (AvgIpc) is 1.99. The predicted molar refractivity (Wildman–Crippen MR) is 59.6 cm³/mol. The fraction of sp³-hybridized carbons (Fsp3) is 0.909. The number of amides is 1. The number of hydrogen-bond acceptors (Lipinski definition) is 3. The van der Waals surface area contributed by atoms with E-state index in [1.54, 1.807) is 7.11 Å². The maximum absolute atomic E-state index is 11.6. The normalized spacial score (nSPS) is 19.5. The van der Waals surface area contributed by atoms with Gasteiger partial charge in [0.1, 0.15) is 0 Å². The molecule has 88 valence electrons. The average molecular weight is 214 g/mol. The summed E-state index contributed by atoms with van der Waals surface area (Å²) in [6.45, 7) is 8.53. The monoisotopic (exact) mass is 214 g/mol. The van der Waals surface area contributed by atoms with Crippen molar-refractivity contribution in [3.8, 4) is 0 Å². The number of methoxy groups -OCH3 is 1. The van der Waals surface area contributed by atoms with Crippen LogP contribution in [0.25, 0.3) is 0 Å². The summed E-state index contributed by atoms with van der Waals surface area (Å²) in [5.74, 6) is 0.294. The molecular weight excluding hydrogens is 192 g/mol. The lowest BCUT2D eigenvalue weighted by molar-refractivity contribution is -0.127. The van der Waals surface area contributed by atoms with E-state index < -0.39 is 0 Å². The van der Waals surface area contributed by atoms with Crippen molar-refractivity contribution in [3.05, 3.63) is 0 Å². The van der Waals surface area contributed by atoms with E-state index in [1.807, 2.05) is 0 Å². The van der Waals surface area contributed by atoms with Crippen LogP contribution in [0.4, 0.5) is 0 Å². The van der Waals surface area contributed by atoms with Crippen molar-refractivity contribution in [2.45, 2.75) is 26.9 Å². The van der Waals surface area contributed by atoms with Gasteiger partial charge in [-0.15, -0.1) is 0 Å². The SMILES string of the molecule is COC(CNC(=O)C1CNC1)C(C)(C)C. The first kappa shape index (κ1) is 12.5. The number of rotatable bonds is 4. The zero-order chi connectivity index (χ0) is 11.5. The molecule has 0 aromatic heterocycles. The van der Waals surface area contributed by atoms with Crippen LogP contribution < -0.4 is 10.6 Å². The van der Waals surface area contributed by atoms with Crippen LogP contribution in [0.2, 0.25) is 0 Å². The maximum Gasteiger partial charge on any atom is 0.225 e. The summed E-state index contributed by atoms with van der Waals surface area (Å²) in [5.41, 5.74) is 0.0554. The van der Waals surface area contributed by atoms with Crippen LogP contribution in [-0.4, -0.2) is 38.8 Å². The molecule has 0 spiro atoms. The van der Waals surface area contributed by atoms with E-state index in [0.717, 1.165) is 13.1 Å². The van der Waals surface area contributed by atoms with Crippen molar-refractivity contribution in [2.24, 2.45) is 11.3 Å². The standard InChI is InChI=1S/C11H22N2O2/c1-11(2,3)9(15-4)7-13-10(14)8-5-12-6-8/h8-9,12H,5-7H2,1-4H3,(H,13,14). The Bertz CT molecular complexity index is 219. The van der Waals surface area contributed by atoms with Gasteiger partial charge in [-0.05, 0) is 5.41 Å². The Balaban J connectivity index is 2.30. The topological polar surface area (TPSA) is 50.4 Å². The summed E-state index contributed by atoms with van der Waals surface area (Å²) < 4.78 is 5.37. The zero-order valence-electron chi connectivity index (χ0n) is 10.1. The molecule has 1 aliphatic rings. The highest BCUT2D eigenvalue weighted by Gasteiger charge is 2.28. The van der Waals surface area contributed by atoms with Crippen molar-refractivity contribution in [1.82, 2.24) is 10.6 Å². The molecule has 1 heterocycles. The molecule has 4 heteroatoms. The molecule has 0 aliphatic carbocycles. The van der Waals surface area contributed by atoms with E-state index in [9.17, 15) is 4.79 Å². The Hall–Kier alpha value is -0.610. The Morgan fingerprint density at radius 1 is 1.53 bits per heavy atom. The smallest absolute Gasteiger partial charge is 0.225 e. The molecule has 1 saturated heterocycles. The molecule has 4 nitrogen and oxygen atoms in total. The second-order valence-electron chi connectivity index (χ2n) is 5.19. The van der Waals surface area contributed by atoms with Gasteiger partial charge < -0.3 is 15.4 Å². The molecule has 0 saturated carbocycles. The van der Waals surface area contributed by atoms with Gasteiger partial charge in [-0.2, -0.15) is 0 Å². The van der Waals surface area contributed by atoms with Gasteiger partial charge in [0.25, 0.3) is 0 Å². The summed E-state index contributed by atoms with van der Waals surface area (Å²) in [5, 5.41) is 6.02. The van der Waals surface area contributed by atoms with Crippen LogP contribution in [0.5, 0.6) is 0 Å². The number of nitrogens with one attached hydrogen (secondary N) is 2. The molecule has 2 N–H and O–H groups in total. The van der Waals surface area contributed by atoms with Gasteiger partial charge in [0.15, 0.2) is 0 Å². The molecule has 1 fully saturated rings. The minimum absolute atomic E-state index is 0.0554. The van der Waals surface area contributed by atoms with Crippen LogP contribution in [0.3, 0.4) is 0 Å². The molecule has 1 unspecified atom stereocenters. The van der Waals surface area contributed by atoms with Crippen LogP contribution in [-0.2, 0) is 9.53 Å². The van der Waals surface area contributed by atoms with Gasteiger partial charge in [0, 0.05) is 26.7 Å². The van der Waals surface area contributed by atoms with Gasteiger partial charge in [-0.1, -0.05) is 20.8 Å². The lowest BCUT2D eigenvalue weighted by Crippen LogP contribution is -2.52. The van der Waals surface area contributed by atoms with Crippen LogP contribution in [0.15, 0.2) is 0 Å². The lowest BCUT2D eigenvalue weighted by Gasteiger charge is -2.31. The molecule has 0 bridgehead atoms. The molecule has 1 aliphatic heterocycles. The summed E-state index contributed by atoms with van der Waals surface area (Å²) in [6.07, 6.45) is 0.0643. The molecule has 0 aromatic carbocycles. The second-order valence-corrected chi connectivity index (χ2v) is 5.19. The highest BCUT2D eigenvalue weighted by Crippen LogP contribution is 2.21. The molecular formula is C11H22N2O2. The van der Waals surface area contributed by atoms with Crippen molar-refractivity contribution >= 4 is 5.91 Å². The van der Waals surface area contributed by atoms with Crippen molar-refractivity contribution in [1.29, 1.82) is 0 Å².